The van der Waals surface area contributed by atoms with Gasteiger partial charge in [0, 0.05) is 12.6 Å². The molecule has 148 valence electrons. The molecule has 28 heavy (non-hydrogen) atoms. The molecule has 0 atom stereocenters. The fourth-order valence-electron chi connectivity index (χ4n) is 4.65. The topological polar surface area (TPSA) is 84.3 Å². The van der Waals surface area contributed by atoms with Crippen LogP contribution in [0.25, 0.3) is 0 Å². The molecule has 1 N–H and O–H groups in total. The Labute approximate surface area is 168 Å². The number of fused-ring (bicyclic) bond motifs is 2. The van der Waals surface area contributed by atoms with Crippen molar-refractivity contribution in [1.29, 1.82) is 0 Å². The lowest BCUT2D eigenvalue weighted by atomic mass is 9.91. The number of thiazole rings is 1. The summed E-state index contributed by atoms with van der Waals surface area (Å²) in [6.07, 6.45) is 9.25. The van der Waals surface area contributed by atoms with Gasteiger partial charge in [0.05, 0.1) is 4.88 Å². The highest BCUT2D eigenvalue weighted by atomic mass is 32.2. The van der Waals surface area contributed by atoms with Gasteiger partial charge >= 0.3 is 0 Å². The van der Waals surface area contributed by atoms with Crippen molar-refractivity contribution in [2.24, 2.45) is 0 Å². The van der Waals surface area contributed by atoms with Gasteiger partial charge in [0.1, 0.15) is 11.4 Å². The van der Waals surface area contributed by atoms with Gasteiger partial charge in [-0.1, -0.05) is 6.07 Å². The van der Waals surface area contributed by atoms with Crippen LogP contribution < -0.4 is 0 Å². The minimum Gasteiger partial charge on any atom is -0.384 e. The Morgan fingerprint density at radius 3 is 2.36 bits per heavy atom. The van der Waals surface area contributed by atoms with E-state index in [1.165, 1.54) is 28.5 Å². The fourth-order valence-corrected chi connectivity index (χ4v) is 7.26. The van der Waals surface area contributed by atoms with Gasteiger partial charge in [0.15, 0.2) is 5.78 Å². The summed E-state index contributed by atoms with van der Waals surface area (Å²) in [6.45, 7) is 0. The summed E-state index contributed by atoms with van der Waals surface area (Å²) >= 11 is 0.996. The van der Waals surface area contributed by atoms with E-state index < -0.39 is 21.2 Å². The van der Waals surface area contributed by atoms with Gasteiger partial charge in [0.25, 0.3) is 0 Å². The molecule has 2 aromatic rings. The zero-order valence-electron chi connectivity index (χ0n) is 15.7. The highest BCUT2D eigenvalue weighted by Gasteiger charge is 2.44. The molecule has 0 unspecified atom stereocenters. The number of aryl methyl sites for hydroxylation is 2. The number of carbonyl (C=O) groups excluding carboxylic acids is 1. The highest BCUT2D eigenvalue weighted by molar-refractivity contribution is 7.94. The summed E-state index contributed by atoms with van der Waals surface area (Å²) in [7, 11) is -3.77. The number of aromatic nitrogens is 1. The molecule has 0 aliphatic heterocycles. The minimum absolute atomic E-state index is 0.0558. The van der Waals surface area contributed by atoms with Gasteiger partial charge in [-0.3, -0.25) is 4.79 Å². The second-order valence-electron chi connectivity index (χ2n) is 8.33. The largest absolute Gasteiger partial charge is 0.384 e. The van der Waals surface area contributed by atoms with Crippen molar-refractivity contribution in [2.75, 3.05) is 5.75 Å². The number of ketones is 1. The van der Waals surface area contributed by atoms with E-state index in [4.69, 9.17) is 0 Å². The number of sulfone groups is 1. The molecule has 0 radical (unpaired) electrons. The first kappa shape index (κ1) is 18.5. The zero-order chi connectivity index (χ0) is 19.5. The molecule has 1 aromatic carbocycles. The molecule has 1 aromatic heterocycles. The highest BCUT2D eigenvalue weighted by Crippen LogP contribution is 2.47. The van der Waals surface area contributed by atoms with E-state index in [0.717, 1.165) is 55.4 Å². The number of rotatable bonds is 6. The molecule has 3 aliphatic rings. The normalized spacial score (nSPS) is 19.5. The van der Waals surface area contributed by atoms with E-state index in [1.807, 2.05) is 0 Å². The second-order valence-corrected chi connectivity index (χ2v) is 11.5. The predicted molar refractivity (Wildman–Crippen MR) is 107 cm³/mol. The van der Waals surface area contributed by atoms with E-state index in [1.54, 1.807) is 0 Å². The molecule has 1 fully saturated rings. The molecule has 0 amide bonds. The van der Waals surface area contributed by atoms with Crippen molar-refractivity contribution >= 4 is 27.0 Å². The van der Waals surface area contributed by atoms with Crippen LogP contribution in [0.2, 0.25) is 0 Å². The Morgan fingerprint density at radius 1 is 1.11 bits per heavy atom. The third-order valence-corrected chi connectivity index (χ3v) is 9.59. The van der Waals surface area contributed by atoms with Gasteiger partial charge < -0.3 is 5.11 Å². The molecule has 1 heterocycles. The number of carbonyl (C=O) groups is 1. The second kappa shape index (κ2) is 6.47. The predicted octanol–water partition coefficient (Wildman–Crippen LogP) is 2.69. The molecule has 1 saturated carbocycles. The molecule has 0 bridgehead atoms. The molecule has 5 nitrogen and oxygen atoms in total. The van der Waals surface area contributed by atoms with Crippen molar-refractivity contribution in [3.05, 3.63) is 45.0 Å². The van der Waals surface area contributed by atoms with Gasteiger partial charge in [-0.2, -0.15) is 0 Å². The monoisotopic (exact) mass is 417 g/mol. The van der Waals surface area contributed by atoms with E-state index in [9.17, 15) is 18.3 Å². The van der Waals surface area contributed by atoms with Gasteiger partial charge in [-0.15, -0.1) is 11.3 Å². The maximum absolute atomic E-state index is 12.8. The van der Waals surface area contributed by atoms with E-state index >= 15 is 0 Å². The van der Waals surface area contributed by atoms with Crippen molar-refractivity contribution in [2.45, 2.75) is 67.7 Å². The summed E-state index contributed by atoms with van der Waals surface area (Å²) in [5, 5.41) is 10.1. The van der Waals surface area contributed by atoms with Gasteiger partial charge in [-0.25, -0.2) is 13.4 Å². The number of benzene rings is 1. The van der Waals surface area contributed by atoms with Crippen LogP contribution in [0.15, 0.2) is 16.6 Å². The maximum atomic E-state index is 12.8. The molecule has 3 aliphatic carbocycles. The Balaban J connectivity index is 1.38. The summed E-state index contributed by atoms with van der Waals surface area (Å²) in [4.78, 5) is 17.3. The first-order chi connectivity index (χ1) is 13.4. The summed E-state index contributed by atoms with van der Waals surface area (Å²) in [6, 6.07) is 2.31. The summed E-state index contributed by atoms with van der Waals surface area (Å²) in [5.74, 6) is -0.784. The first-order valence-corrected chi connectivity index (χ1v) is 12.4. The van der Waals surface area contributed by atoms with Crippen LogP contribution >= 0.6 is 11.3 Å². The van der Waals surface area contributed by atoms with E-state index in [2.05, 4.69) is 11.1 Å². The summed E-state index contributed by atoms with van der Waals surface area (Å²) < 4.78 is 25.4. The standard InChI is InChI=1S/C21H23NO4S2/c23-15(12-28(25,26)20-22-11-19(27-20)21(24)7-8-21)10-18-16-5-1-3-13(16)9-14-4-2-6-17(14)18/h9,11,24H,1-8,10,12H2. The molecule has 0 spiro atoms. The van der Waals surface area contributed by atoms with Crippen LogP contribution in [0.5, 0.6) is 0 Å². The number of nitrogens with zero attached hydrogens (tertiary/aromatic N) is 1. The quantitative estimate of drug-likeness (QED) is 0.781. The lowest BCUT2D eigenvalue weighted by Gasteiger charge is -2.14. The number of hydrogen-bond donors (Lipinski definition) is 1. The van der Waals surface area contributed by atoms with Crippen LogP contribution in [-0.2, 0) is 52.3 Å². The van der Waals surface area contributed by atoms with E-state index in [-0.39, 0.29) is 16.5 Å². The molecular weight excluding hydrogens is 394 g/mol. The van der Waals surface area contributed by atoms with Gasteiger partial charge in [-0.05, 0) is 79.2 Å². The smallest absolute Gasteiger partial charge is 0.212 e. The van der Waals surface area contributed by atoms with Crippen LogP contribution in [0, 0.1) is 0 Å². The Morgan fingerprint density at radius 2 is 1.75 bits per heavy atom. The van der Waals surface area contributed by atoms with Crippen molar-refractivity contribution in [1.82, 2.24) is 4.98 Å². The molecule has 0 saturated heterocycles. The number of hydrogen-bond acceptors (Lipinski definition) is 6. The zero-order valence-corrected chi connectivity index (χ0v) is 17.3. The van der Waals surface area contributed by atoms with E-state index in [0.29, 0.717) is 17.7 Å². The van der Waals surface area contributed by atoms with Crippen molar-refractivity contribution < 1.29 is 18.3 Å². The minimum atomic E-state index is -3.77. The molecule has 5 rings (SSSR count). The Kier molecular flexibility index (Phi) is 4.27. The third-order valence-electron chi connectivity index (χ3n) is 6.26. The number of Topliss-reactive ketones (excluding diaryl/α,β-unsaturated/α-hetero) is 1. The SMILES string of the molecule is O=C(Cc1c2c(cc3c1CCC3)CCC2)CS(=O)(=O)c1ncc(C2(O)CC2)s1. The Bertz CT molecular complexity index is 1050. The number of aliphatic hydroxyl groups is 1. The molecular formula is C21H23NO4S2. The lowest BCUT2D eigenvalue weighted by molar-refractivity contribution is -0.116. The molecule has 7 heteroatoms. The average molecular weight is 418 g/mol. The lowest BCUT2D eigenvalue weighted by Crippen LogP contribution is -2.19. The van der Waals surface area contributed by atoms with Crippen LogP contribution in [-0.4, -0.2) is 30.0 Å². The maximum Gasteiger partial charge on any atom is 0.212 e. The van der Waals surface area contributed by atoms with Crippen LogP contribution in [0.1, 0.15) is 58.4 Å². The fraction of sp³-hybridized carbons (Fsp3) is 0.524. The van der Waals surface area contributed by atoms with Crippen LogP contribution in [0.3, 0.4) is 0 Å². The average Bonchev–Trinajstić information content (AvgIpc) is 3.13. The van der Waals surface area contributed by atoms with Crippen LogP contribution in [0.4, 0.5) is 0 Å². The third kappa shape index (κ3) is 3.13. The summed E-state index contributed by atoms with van der Waals surface area (Å²) in [5.41, 5.74) is 5.50. The Hall–Kier alpha value is -1.57. The van der Waals surface area contributed by atoms with Gasteiger partial charge in [0.2, 0.25) is 14.2 Å². The van der Waals surface area contributed by atoms with Crippen molar-refractivity contribution in [3.63, 3.8) is 0 Å². The first-order valence-electron chi connectivity index (χ1n) is 9.94. The van der Waals surface area contributed by atoms with Crippen molar-refractivity contribution in [3.8, 4) is 0 Å².